The zero-order valence-electron chi connectivity index (χ0n) is 14.9. The van der Waals surface area contributed by atoms with E-state index >= 15 is 0 Å². The van der Waals surface area contributed by atoms with Crippen LogP contribution >= 0.6 is 22.9 Å². The highest BCUT2D eigenvalue weighted by atomic mass is 35.5. The molecule has 1 aliphatic heterocycles. The van der Waals surface area contributed by atoms with Crippen LogP contribution in [0.3, 0.4) is 0 Å². The van der Waals surface area contributed by atoms with E-state index in [-0.39, 0.29) is 5.82 Å². The summed E-state index contributed by atoms with van der Waals surface area (Å²) in [6, 6.07) is 15.0. The summed E-state index contributed by atoms with van der Waals surface area (Å²) in [5.74, 6) is -0.285. The Morgan fingerprint density at radius 1 is 0.963 bits per heavy atom. The number of aromatic nitrogens is 1. The maximum absolute atomic E-state index is 13.2. The van der Waals surface area contributed by atoms with E-state index in [9.17, 15) is 4.39 Å². The third-order valence-corrected chi connectivity index (χ3v) is 6.12. The van der Waals surface area contributed by atoms with E-state index in [4.69, 9.17) is 16.6 Å². The van der Waals surface area contributed by atoms with E-state index in [1.165, 1.54) is 17.7 Å². The van der Waals surface area contributed by atoms with Gasteiger partial charge in [-0.25, -0.2) is 9.37 Å². The van der Waals surface area contributed by atoms with Crippen molar-refractivity contribution in [2.75, 3.05) is 26.2 Å². The SMILES string of the molecule is Fc1ccc(CN2CCN(Cc3csc(-c4ccccc4)n3)CC2)c(Cl)c1. The molecule has 0 aliphatic carbocycles. The van der Waals surface area contributed by atoms with Gasteiger partial charge in [-0.2, -0.15) is 0 Å². The molecule has 140 valence electrons. The highest BCUT2D eigenvalue weighted by Gasteiger charge is 2.19. The summed E-state index contributed by atoms with van der Waals surface area (Å²) in [5.41, 5.74) is 3.29. The van der Waals surface area contributed by atoms with Gasteiger partial charge < -0.3 is 0 Å². The molecule has 0 unspecified atom stereocenters. The van der Waals surface area contributed by atoms with E-state index in [1.54, 1.807) is 17.4 Å². The average molecular weight is 402 g/mol. The second-order valence-corrected chi connectivity index (χ2v) is 8.06. The maximum atomic E-state index is 13.2. The van der Waals surface area contributed by atoms with Gasteiger partial charge in [0.05, 0.1) is 5.69 Å². The summed E-state index contributed by atoms with van der Waals surface area (Å²) < 4.78 is 13.2. The van der Waals surface area contributed by atoms with Gasteiger partial charge in [-0.1, -0.05) is 48.0 Å². The molecular formula is C21H21ClFN3S. The van der Waals surface area contributed by atoms with Crippen LogP contribution in [-0.4, -0.2) is 41.0 Å². The van der Waals surface area contributed by atoms with Crippen molar-refractivity contribution in [2.24, 2.45) is 0 Å². The Kier molecular flexibility index (Phi) is 5.83. The van der Waals surface area contributed by atoms with Gasteiger partial charge in [-0.15, -0.1) is 11.3 Å². The summed E-state index contributed by atoms with van der Waals surface area (Å²) in [4.78, 5) is 9.60. The number of hydrogen-bond donors (Lipinski definition) is 0. The molecule has 2 aromatic carbocycles. The van der Waals surface area contributed by atoms with Crippen molar-refractivity contribution >= 4 is 22.9 Å². The normalized spacial score (nSPS) is 15.9. The first-order chi connectivity index (χ1) is 13.2. The molecule has 0 bridgehead atoms. The molecule has 0 radical (unpaired) electrons. The second kappa shape index (κ2) is 8.48. The van der Waals surface area contributed by atoms with Crippen LogP contribution in [0.5, 0.6) is 0 Å². The number of rotatable bonds is 5. The molecule has 1 aromatic heterocycles. The highest BCUT2D eigenvalue weighted by Crippen LogP contribution is 2.24. The Hall–Kier alpha value is -1.79. The van der Waals surface area contributed by atoms with Crippen molar-refractivity contribution in [3.8, 4) is 10.6 Å². The van der Waals surface area contributed by atoms with Gasteiger partial charge in [0, 0.05) is 55.2 Å². The lowest BCUT2D eigenvalue weighted by atomic mass is 10.2. The molecule has 3 nitrogen and oxygen atoms in total. The first-order valence-corrected chi connectivity index (χ1v) is 10.3. The minimum absolute atomic E-state index is 0.285. The number of halogens is 2. The molecule has 1 fully saturated rings. The Morgan fingerprint density at radius 3 is 2.37 bits per heavy atom. The molecule has 6 heteroatoms. The molecule has 3 aromatic rings. The molecule has 0 N–H and O–H groups in total. The largest absolute Gasteiger partial charge is 0.296 e. The van der Waals surface area contributed by atoms with Gasteiger partial charge in [0.1, 0.15) is 10.8 Å². The molecule has 1 aliphatic rings. The molecule has 27 heavy (non-hydrogen) atoms. The van der Waals surface area contributed by atoms with Crippen molar-refractivity contribution in [3.05, 3.63) is 76.0 Å². The highest BCUT2D eigenvalue weighted by molar-refractivity contribution is 7.13. The number of piperazine rings is 1. The molecule has 0 spiro atoms. The standard InChI is InChI=1S/C21H21ClFN3S/c22-20-12-18(23)7-6-17(20)13-25-8-10-26(11-9-25)14-19-15-27-21(24-19)16-4-2-1-3-5-16/h1-7,12,15H,8-11,13-14H2. The van der Waals surface area contributed by atoms with E-state index in [1.807, 2.05) is 18.2 Å². The fraction of sp³-hybridized carbons (Fsp3) is 0.286. The summed E-state index contributed by atoms with van der Waals surface area (Å²) in [6.45, 7) is 5.59. The van der Waals surface area contributed by atoms with Crippen LogP contribution in [0.4, 0.5) is 4.39 Å². The van der Waals surface area contributed by atoms with E-state index in [2.05, 4.69) is 27.3 Å². The molecule has 0 amide bonds. The molecule has 0 atom stereocenters. The predicted octanol–water partition coefficient (Wildman–Crippen LogP) is 4.92. The zero-order valence-corrected chi connectivity index (χ0v) is 16.5. The van der Waals surface area contributed by atoms with E-state index in [0.717, 1.165) is 55.5 Å². The van der Waals surface area contributed by atoms with Crippen LogP contribution in [0, 0.1) is 5.82 Å². The third kappa shape index (κ3) is 4.74. The number of hydrogen-bond acceptors (Lipinski definition) is 4. The van der Waals surface area contributed by atoms with Crippen molar-refractivity contribution < 1.29 is 4.39 Å². The van der Waals surface area contributed by atoms with Crippen molar-refractivity contribution in [1.29, 1.82) is 0 Å². The van der Waals surface area contributed by atoms with Gasteiger partial charge in [0.15, 0.2) is 0 Å². The maximum Gasteiger partial charge on any atom is 0.124 e. The van der Waals surface area contributed by atoms with Gasteiger partial charge in [-0.3, -0.25) is 9.80 Å². The van der Waals surface area contributed by atoms with Gasteiger partial charge >= 0.3 is 0 Å². The Bertz CT molecular complexity index is 891. The van der Waals surface area contributed by atoms with Crippen LogP contribution in [-0.2, 0) is 13.1 Å². The van der Waals surface area contributed by atoms with Crippen molar-refractivity contribution in [3.63, 3.8) is 0 Å². The third-order valence-electron chi connectivity index (χ3n) is 4.83. The molecule has 4 rings (SSSR count). The Balaban J connectivity index is 1.30. The number of benzene rings is 2. The molecule has 1 saturated heterocycles. The van der Waals surface area contributed by atoms with E-state index < -0.39 is 0 Å². The average Bonchev–Trinajstić information content (AvgIpc) is 3.15. The van der Waals surface area contributed by atoms with Crippen LogP contribution in [0.1, 0.15) is 11.3 Å². The number of nitrogens with zero attached hydrogens (tertiary/aromatic N) is 3. The first-order valence-electron chi connectivity index (χ1n) is 9.06. The monoisotopic (exact) mass is 401 g/mol. The molecular weight excluding hydrogens is 381 g/mol. The minimum Gasteiger partial charge on any atom is -0.296 e. The first kappa shape index (κ1) is 18.6. The Labute approximate surface area is 168 Å². The lowest BCUT2D eigenvalue weighted by Crippen LogP contribution is -2.45. The summed E-state index contributed by atoms with van der Waals surface area (Å²) >= 11 is 7.86. The minimum atomic E-state index is -0.285. The van der Waals surface area contributed by atoms with Gasteiger partial charge in [0.25, 0.3) is 0 Å². The van der Waals surface area contributed by atoms with Crippen LogP contribution < -0.4 is 0 Å². The van der Waals surface area contributed by atoms with Crippen LogP contribution in [0.25, 0.3) is 10.6 Å². The van der Waals surface area contributed by atoms with Gasteiger partial charge in [-0.05, 0) is 17.7 Å². The van der Waals surface area contributed by atoms with Gasteiger partial charge in [0.2, 0.25) is 0 Å². The fourth-order valence-electron chi connectivity index (χ4n) is 3.32. The van der Waals surface area contributed by atoms with Crippen molar-refractivity contribution in [1.82, 2.24) is 14.8 Å². The summed E-state index contributed by atoms with van der Waals surface area (Å²) in [5, 5.41) is 3.75. The fourth-order valence-corrected chi connectivity index (χ4v) is 4.36. The smallest absolute Gasteiger partial charge is 0.124 e. The van der Waals surface area contributed by atoms with Crippen LogP contribution in [0.15, 0.2) is 53.9 Å². The predicted molar refractivity (Wildman–Crippen MR) is 110 cm³/mol. The van der Waals surface area contributed by atoms with E-state index in [0.29, 0.717) is 5.02 Å². The Morgan fingerprint density at radius 2 is 1.67 bits per heavy atom. The second-order valence-electron chi connectivity index (χ2n) is 6.80. The van der Waals surface area contributed by atoms with Crippen LogP contribution in [0.2, 0.25) is 5.02 Å². The van der Waals surface area contributed by atoms with Crippen molar-refractivity contribution in [2.45, 2.75) is 13.1 Å². The lowest BCUT2D eigenvalue weighted by Gasteiger charge is -2.34. The number of thiazole rings is 1. The topological polar surface area (TPSA) is 19.4 Å². The molecule has 2 heterocycles. The molecule has 0 saturated carbocycles. The quantitative estimate of drug-likeness (QED) is 0.604. The lowest BCUT2D eigenvalue weighted by molar-refractivity contribution is 0.121. The summed E-state index contributed by atoms with van der Waals surface area (Å²) in [7, 11) is 0. The summed E-state index contributed by atoms with van der Waals surface area (Å²) in [6.07, 6.45) is 0. The zero-order chi connectivity index (χ0) is 18.6.